The van der Waals surface area contributed by atoms with Gasteiger partial charge in [0.25, 0.3) is 0 Å². The fourth-order valence-corrected chi connectivity index (χ4v) is 3.55. The average Bonchev–Trinajstić information content (AvgIpc) is 3.04. The number of hydrogen-bond donors (Lipinski definition) is 0. The van der Waals surface area contributed by atoms with Crippen LogP contribution in [0.2, 0.25) is 0 Å². The number of aryl methyl sites for hydroxylation is 1. The van der Waals surface area contributed by atoms with Gasteiger partial charge in [0.15, 0.2) is 6.61 Å². The molecule has 0 aliphatic heterocycles. The molecule has 0 saturated carbocycles. The summed E-state index contributed by atoms with van der Waals surface area (Å²) in [5.74, 6) is 0.0712. The maximum Gasteiger partial charge on any atom is 0.331 e. The second-order valence-corrected chi connectivity index (χ2v) is 7.27. The number of rotatable bonds is 8. The van der Waals surface area contributed by atoms with Gasteiger partial charge in [0.2, 0.25) is 5.78 Å². The lowest BCUT2D eigenvalue weighted by Gasteiger charge is -2.07. The minimum atomic E-state index is -0.541. The number of aromatic nitrogens is 1. The smallest absolute Gasteiger partial charge is 0.331 e. The molecule has 5 nitrogen and oxygen atoms in total. The molecule has 0 aliphatic rings. The number of ether oxygens (including phenoxy) is 2. The molecule has 156 valence electrons. The van der Waals surface area contributed by atoms with Crippen LogP contribution in [-0.2, 0) is 16.1 Å². The van der Waals surface area contributed by atoms with Crippen LogP contribution in [0.1, 0.15) is 40.7 Å². The molecule has 1 aromatic heterocycles. The molecule has 0 aliphatic carbocycles. The van der Waals surface area contributed by atoms with Crippen molar-refractivity contribution in [2.24, 2.45) is 0 Å². The molecule has 0 atom stereocenters. The number of carbonyl (C=O) groups is 2. The minimum absolute atomic E-state index is 0.188. The Balaban J connectivity index is 1.61. The highest BCUT2D eigenvalue weighted by Gasteiger charge is 2.16. The van der Waals surface area contributed by atoms with E-state index in [4.69, 9.17) is 9.47 Å². The largest absolute Gasteiger partial charge is 0.497 e. The molecule has 0 radical (unpaired) electrons. The minimum Gasteiger partial charge on any atom is -0.497 e. The Labute approximate surface area is 176 Å². The molecule has 1 heterocycles. The summed E-state index contributed by atoms with van der Waals surface area (Å²) in [6.45, 7) is 6.60. The molecule has 0 amide bonds. The summed E-state index contributed by atoms with van der Waals surface area (Å²) in [6, 6.07) is 13.6. The Bertz CT molecular complexity index is 1110. The second kappa shape index (κ2) is 9.44. The van der Waals surface area contributed by atoms with Crippen molar-refractivity contribution in [3.63, 3.8) is 0 Å². The fourth-order valence-electron chi connectivity index (χ4n) is 3.55. The summed E-state index contributed by atoms with van der Waals surface area (Å²) in [6.07, 6.45) is 4.02. The monoisotopic (exact) mass is 405 g/mol. The van der Waals surface area contributed by atoms with Crippen molar-refractivity contribution < 1.29 is 19.1 Å². The van der Waals surface area contributed by atoms with Gasteiger partial charge in [0, 0.05) is 29.6 Å². The average molecular weight is 405 g/mol. The van der Waals surface area contributed by atoms with Crippen molar-refractivity contribution in [3.05, 3.63) is 71.1 Å². The van der Waals surface area contributed by atoms with Crippen LogP contribution in [0.3, 0.4) is 0 Å². The van der Waals surface area contributed by atoms with E-state index in [0.717, 1.165) is 46.4 Å². The fraction of sp³-hybridized carbons (Fsp3) is 0.280. The Morgan fingerprint density at radius 1 is 1.03 bits per heavy atom. The van der Waals surface area contributed by atoms with Gasteiger partial charge >= 0.3 is 5.97 Å². The van der Waals surface area contributed by atoms with Crippen LogP contribution in [0.5, 0.6) is 5.75 Å². The van der Waals surface area contributed by atoms with E-state index in [2.05, 4.69) is 11.5 Å². The summed E-state index contributed by atoms with van der Waals surface area (Å²) in [5, 5.41) is 2.10. The molecule has 0 fully saturated rings. The van der Waals surface area contributed by atoms with E-state index in [1.807, 2.05) is 56.3 Å². The molecular weight excluding hydrogens is 378 g/mol. The van der Waals surface area contributed by atoms with Gasteiger partial charge in [-0.2, -0.15) is 0 Å². The zero-order valence-electron chi connectivity index (χ0n) is 17.9. The number of benzene rings is 2. The molecular formula is C25H27NO4. The third kappa shape index (κ3) is 4.79. The molecule has 2 aromatic carbocycles. The molecule has 3 rings (SSSR count). The Morgan fingerprint density at radius 2 is 1.77 bits per heavy atom. The first kappa shape index (κ1) is 21.4. The Morgan fingerprint density at radius 3 is 2.50 bits per heavy atom. The number of esters is 1. The van der Waals surface area contributed by atoms with Crippen LogP contribution in [0.4, 0.5) is 0 Å². The van der Waals surface area contributed by atoms with Crippen molar-refractivity contribution in [1.29, 1.82) is 0 Å². The SMILES string of the molecule is CCCn1c(C)cc(C(=O)COC(=O)/C=C/c2ccc3cc(OC)ccc3c2)c1C. The van der Waals surface area contributed by atoms with E-state index in [1.54, 1.807) is 13.2 Å². The number of Topliss-reactive ketones (excluding diaryl/α,β-unsaturated/α-hetero) is 1. The van der Waals surface area contributed by atoms with Gasteiger partial charge in [-0.05, 0) is 66.9 Å². The Hall–Kier alpha value is -3.34. The lowest BCUT2D eigenvalue weighted by molar-refractivity contribution is -0.136. The van der Waals surface area contributed by atoms with Crippen molar-refractivity contribution in [1.82, 2.24) is 4.57 Å². The van der Waals surface area contributed by atoms with E-state index in [1.165, 1.54) is 6.08 Å². The molecule has 0 bridgehead atoms. The molecule has 5 heteroatoms. The van der Waals surface area contributed by atoms with Crippen molar-refractivity contribution >= 4 is 28.6 Å². The van der Waals surface area contributed by atoms with E-state index in [0.29, 0.717) is 5.56 Å². The van der Waals surface area contributed by atoms with Gasteiger partial charge in [-0.25, -0.2) is 4.79 Å². The van der Waals surface area contributed by atoms with Gasteiger partial charge in [0.1, 0.15) is 5.75 Å². The van der Waals surface area contributed by atoms with Gasteiger partial charge in [0.05, 0.1) is 7.11 Å². The number of ketones is 1. The highest BCUT2D eigenvalue weighted by molar-refractivity contribution is 6.00. The third-order valence-electron chi connectivity index (χ3n) is 5.15. The quantitative estimate of drug-likeness (QED) is 0.297. The standard InChI is InChI=1S/C25H27NO4/c1-5-12-26-17(2)13-23(18(26)3)24(27)16-30-25(28)11-7-19-6-8-21-15-22(29-4)10-9-20(21)14-19/h6-11,13-15H,5,12,16H2,1-4H3/b11-7+. The molecule has 0 unspecified atom stereocenters. The van der Waals surface area contributed by atoms with Crippen molar-refractivity contribution in [2.75, 3.05) is 13.7 Å². The van der Waals surface area contributed by atoms with E-state index >= 15 is 0 Å². The van der Waals surface area contributed by atoms with Crippen LogP contribution < -0.4 is 4.74 Å². The number of nitrogens with zero attached hydrogens (tertiary/aromatic N) is 1. The summed E-state index contributed by atoms with van der Waals surface area (Å²) in [5.41, 5.74) is 3.44. The molecule has 0 N–H and O–H groups in total. The lowest BCUT2D eigenvalue weighted by Crippen LogP contribution is -2.13. The number of methoxy groups -OCH3 is 1. The summed E-state index contributed by atoms with van der Waals surface area (Å²) in [4.78, 5) is 24.6. The first-order valence-corrected chi connectivity index (χ1v) is 10.1. The summed E-state index contributed by atoms with van der Waals surface area (Å²) < 4.78 is 12.5. The predicted octanol–water partition coefficient (Wildman–Crippen LogP) is 5.12. The van der Waals surface area contributed by atoms with Gasteiger partial charge in [-0.3, -0.25) is 4.79 Å². The first-order valence-electron chi connectivity index (χ1n) is 10.1. The van der Waals surface area contributed by atoms with Crippen molar-refractivity contribution in [2.45, 2.75) is 33.7 Å². The lowest BCUT2D eigenvalue weighted by atomic mass is 10.1. The first-order chi connectivity index (χ1) is 14.4. The molecule has 3 aromatic rings. The Kier molecular flexibility index (Phi) is 6.72. The molecule has 30 heavy (non-hydrogen) atoms. The summed E-state index contributed by atoms with van der Waals surface area (Å²) >= 11 is 0. The maximum atomic E-state index is 12.5. The van der Waals surface area contributed by atoms with E-state index < -0.39 is 5.97 Å². The second-order valence-electron chi connectivity index (χ2n) is 7.27. The number of carbonyl (C=O) groups excluding carboxylic acids is 2. The maximum absolute atomic E-state index is 12.5. The normalized spacial score (nSPS) is 11.2. The molecule has 0 saturated heterocycles. The highest BCUT2D eigenvalue weighted by Crippen LogP contribution is 2.22. The third-order valence-corrected chi connectivity index (χ3v) is 5.15. The van der Waals surface area contributed by atoms with Crippen molar-refractivity contribution in [3.8, 4) is 5.75 Å². The number of hydrogen-bond acceptors (Lipinski definition) is 4. The van der Waals surface area contributed by atoms with Crippen LogP contribution >= 0.6 is 0 Å². The zero-order chi connectivity index (χ0) is 21.7. The van der Waals surface area contributed by atoms with Crippen LogP contribution in [0.15, 0.2) is 48.5 Å². The van der Waals surface area contributed by atoms with E-state index in [9.17, 15) is 9.59 Å². The van der Waals surface area contributed by atoms with Crippen LogP contribution in [-0.4, -0.2) is 30.0 Å². The zero-order valence-corrected chi connectivity index (χ0v) is 17.9. The summed E-state index contributed by atoms with van der Waals surface area (Å²) in [7, 11) is 1.64. The number of fused-ring (bicyclic) bond motifs is 1. The van der Waals surface area contributed by atoms with Gasteiger partial charge < -0.3 is 14.0 Å². The van der Waals surface area contributed by atoms with Crippen LogP contribution in [0.25, 0.3) is 16.8 Å². The van der Waals surface area contributed by atoms with Gasteiger partial charge in [-0.1, -0.05) is 25.1 Å². The highest BCUT2D eigenvalue weighted by atomic mass is 16.5. The molecule has 0 spiro atoms. The van der Waals surface area contributed by atoms with E-state index in [-0.39, 0.29) is 12.4 Å². The topological polar surface area (TPSA) is 57.5 Å². The van der Waals surface area contributed by atoms with Crippen LogP contribution in [0, 0.1) is 13.8 Å². The van der Waals surface area contributed by atoms with Gasteiger partial charge in [-0.15, -0.1) is 0 Å². The predicted molar refractivity (Wildman–Crippen MR) is 119 cm³/mol.